The third-order valence-corrected chi connectivity index (χ3v) is 8.07. The topological polar surface area (TPSA) is 141 Å². The standard InChI is InChI=1S/C24H30FN2O9P/c1-15(22(31)34-17-9-6-10-17)26-37(32,36-18-7-4-3-5-8-18)33-14-19-21(30)24(2,25)23(35-19)27-12-11-16(28)13-20(27)29/h3-5,7-8,11-12,15,17,19,21,23,30H,6,9-10,13-14H2,1-2H3,(H,26,32)/t15-,19+,21+,23+,24+,37-/m0/s1. The Labute approximate surface area is 213 Å². The molecule has 0 radical (unpaired) electrons. The van der Waals surface area contributed by atoms with Crippen LogP contribution in [-0.4, -0.2) is 70.5 Å². The molecule has 4 rings (SSSR count). The molecule has 1 amide bonds. The van der Waals surface area contributed by atoms with Gasteiger partial charge in [-0.05, 0) is 51.3 Å². The number of ether oxygens (including phenoxy) is 2. The molecule has 0 aromatic heterocycles. The summed E-state index contributed by atoms with van der Waals surface area (Å²) in [4.78, 5) is 37.1. The first-order chi connectivity index (χ1) is 17.5. The minimum atomic E-state index is -4.28. The van der Waals surface area contributed by atoms with Crippen molar-refractivity contribution in [3.63, 3.8) is 0 Å². The molecule has 1 aliphatic carbocycles. The van der Waals surface area contributed by atoms with E-state index < -0.39 is 68.6 Å². The van der Waals surface area contributed by atoms with Crippen LogP contribution < -0.4 is 9.61 Å². The Kier molecular flexibility index (Phi) is 8.15. The summed E-state index contributed by atoms with van der Waals surface area (Å²) in [5.41, 5.74) is -2.44. The first-order valence-corrected chi connectivity index (χ1v) is 13.5. The van der Waals surface area contributed by atoms with E-state index in [1.165, 1.54) is 19.1 Å². The molecule has 1 aromatic carbocycles. The first kappa shape index (κ1) is 27.4. The number of benzene rings is 1. The lowest BCUT2D eigenvalue weighted by Crippen LogP contribution is -2.51. The number of hydrogen-bond acceptors (Lipinski definition) is 9. The monoisotopic (exact) mass is 540 g/mol. The second kappa shape index (κ2) is 11.0. The summed E-state index contributed by atoms with van der Waals surface area (Å²) in [5, 5.41) is 13.1. The zero-order valence-corrected chi connectivity index (χ0v) is 21.3. The molecule has 6 atom stereocenters. The molecule has 13 heteroatoms. The van der Waals surface area contributed by atoms with E-state index in [1.807, 2.05) is 0 Å². The van der Waals surface area contributed by atoms with Crippen LogP contribution >= 0.6 is 7.75 Å². The molecule has 3 aliphatic rings. The van der Waals surface area contributed by atoms with Gasteiger partial charge in [-0.2, -0.15) is 5.09 Å². The van der Waals surface area contributed by atoms with E-state index in [-0.39, 0.29) is 11.9 Å². The molecule has 2 heterocycles. The van der Waals surface area contributed by atoms with Gasteiger partial charge in [0.05, 0.1) is 13.0 Å². The minimum absolute atomic E-state index is 0.174. The first-order valence-electron chi connectivity index (χ1n) is 12.0. The number of carbonyl (C=O) groups excluding carboxylic acids is 3. The van der Waals surface area contributed by atoms with Crippen molar-refractivity contribution >= 4 is 25.4 Å². The molecule has 2 N–H and O–H groups in total. The van der Waals surface area contributed by atoms with Gasteiger partial charge in [0, 0.05) is 6.20 Å². The average molecular weight is 540 g/mol. The van der Waals surface area contributed by atoms with Crippen LogP contribution in [0.2, 0.25) is 0 Å². The van der Waals surface area contributed by atoms with Crippen LogP contribution in [0.5, 0.6) is 5.75 Å². The van der Waals surface area contributed by atoms with Crippen LogP contribution in [0, 0.1) is 0 Å². The summed E-state index contributed by atoms with van der Waals surface area (Å²) in [6, 6.07) is 6.99. The number of aliphatic hydroxyl groups excluding tert-OH is 1. The number of hydrogen-bond donors (Lipinski definition) is 2. The number of para-hydroxylation sites is 1. The molecule has 0 unspecified atom stereocenters. The van der Waals surface area contributed by atoms with Gasteiger partial charge in [0.15, 0.2) is 17.7 Å². The van der Waals surface area contributed by atoms with E-state index in [0.29, 0.717) is 0 Å². The van der Waals surface area contributed by atoms with Crippen molar-refractivity contribution in [3.05, 3.63) is 42.6 Å². The van der Waals surface area contributed by atoms with Gasteiger partial charge in [0.1, 0.15) is 30.1 Å². The quantitative estimate of drug-likeness (QED) is 0.258. The maximum Gasteiger partial charge on any atom is 0.459 e. The predicted molar refractivity (Wildman–Crippen MR) is 127 cm³/mol. The fourth-order valence-corrected chi connectivity index (χ4v) is 5.53. The highest BCUT2D eigenvalue weighted by molar-refractivity contribution is 7.52. The predicted octanol–water partition coefficient (Wildman–Crippen LogP) is 2.39. The molecular weight excluding hydrogens is 510 g/mol. The van der Waals surface area contributed by atoms with Crippen LogP contribution in [0.25, 0.3) is 0 Å². The van der Waals surface area contributed by atoms with Gasteiger partial charge in [0.2, 0.25) is 5.91 Å². The van der Waals surface area contributed by atoms with Crippen LogP contribution in [0.1, 0.15) is 39.5 Å². The van der Waals surface area contributed by atoms with Crippen molar-refractivity contribution in [3.8, 4) is 5.75 Å². The highest BCUT2D eigenvalue weighted by Gasteiger charge is 2.57. The fourth-order valence-electron chi connectivity index (χ4n) is 4.03. The van der Waals surface area contributed by atoms with Gasteiger partial charge in [-0.3, -0.25) is 23.8 Å². The second-order valence-electron chi connectivity index (χ2n) is 9.42. The second-order valence-corrected chi connectivity index (χ2v) is 11.1. The summed E-state index contributed by atoms with van der Waals surface area (Å²) in [6.45, 7) is 1.89. The molecule has 0 bridgehead atoms. The summed E-state index contributed by atoms with van der Waals surface area (Å²) in [5.74, 6) is -1.58. The largest absolute Gasteiger partial charge is 0.461 e. The van der Waals surface area contributed by atoms with Crippen molar-refractivity contribution in [2.24, 2.45) is 0 Å². The molecular formula is C24H30FN2O9P. The van der Waals surface area contributed by atoms with Gasteiger partial charge < -0.3 is 19.1 Å². The number of amides is 1. The van der Waals surface area contributed by atoms with E-state index >= 15 is 4.39 Å². The number of halogens is 1. The summed E-state index contributed by atoms with van der Waals surface area (Å²) >= 11 is 0. The summed E-state index contributed by atoms with van der Waals surface area (Å²) in [6.07, 6.45) is -0.615. The number of nitrogens with one attached hydrogen (secondary N) is 1. The average Bonchev–Trinajstić information content (AvgIpc) is 3.04. The number of carbonyl (C=O) groups is 3. The lowest BCUT2D eigenvalue weighted by atomic mass is 9.96. The Morgan fingerprint density at radius 1 is 1.32 bits per heavy atom. The van der Waals surface area contributed by atoms with Crippen LogP contribution in [0.3, 0.4) is 0 Å². The summed E-state index contributed by atoms with van der Waals surface area (Å²) in [7, 11) is -4.28. The molecule has 202 valence electrons. The molecule has 11 nitrogen and oxygen atoms in total. The minimum Gasteiger partial charge on any atom is -0.461 e. The molecule has 2 aliphatic heterocycles. The number of alkyl halides is 1. The lowest BCUT2D eigenvalue weighted by molar-refractivity contribution is -0.154. The maximum atomic E-state index is 15.5. The lowest BCUT2D eigenvalue weighted by Gasteiger charge is -2.32. The van der Waals surface area contributed by atoms with Crippen LogP contribution in [0.15, 0.2) is 42.6 Å². The fraction of sp³-hybridized carbons (Fsp3) is 0.542. The van der Waals surface area contributed by atoms with E-state index in [9.17, 15) is 24.1 Å². The molecule has 1 saturated carbocycles. The van der Waals surface area contributed by atoms with Gasteiger partial charge in [0.25, 0.3) is 0 Å². The van der Waals surface area contributed by atoms with Crippen molar-refractivity contribution in [2.75, 3.05) is 6.61 Å². The molecule has 1 saturated heterocycles. The number of allylic oxidation sites excluding steroid dienone is 1. The Bertz CT molecular complexity index is 1090. The van der Waals surface area contributed by atoms with Gasteiger partial charge in [-0.15, -0.1) is 0 Å². The normalized spacial score (nSPS) is 30.5. The third-order valence-electron chi connectivity index (χ3n) is 6.42. The smallest absolute Gasteiger partial charge is 0.459 e. The van der Waals surface area contributed by atoms with E-state index in [0.717, 1.165) is 43.4 Å². The molecule has 1 aromatic rings. The number of ketones is 1. The van der Waals surface area contributed by atoms with Crippen molar-refractivity contribution in [1.82, 2.24) is 9.99 Å². The Morgan fingerprint density at radius 2 is 2.03 bits per heavy atom. The molecule has 0 spiro atoms. The Hall–Kier alpha value is -2.63. The number of esters is 1. The van der Waals surface area contributed by atoms with Gasteiger partial charge in [-0.25, -0.2) is 8.96 Å². The van der Waals surface area contributed by atoms with Crippen LogP contribution in [0.4, 0.5) is 4.39 Å². The Balaban J connectivity index is 1.46. The van der Waals surface area contributed by atoms with E-state index in [1.54, 1.807) is 18.2 Å². The number of aliphatic hydroxyl groups is 1. The number of rotatable bonds is 10. The zero-order valence-electron chi connectivity index (χ0n) is 20.4. The highest BCUT2D eigenvalue weighted by atomic mass is 31.2. The van der Waals surface area contributed by atoms with Crippen molar-refractivity contribution in [2.45, 2.75) is 75.8 Å². The van der Waals surface area contributed by atoms with E-state index in [2.05, 4.69) is 5.09 Å². The van der Waals surface area contributed by atoms with Gasteiger partial charge >= 0.3 is 13.7 Å². The van der Waals surface area contributed by atoms with Crippen molar-refractivity contribution < 1.29 is 47.0 Å². The molecule has 37 heavy (non-hydrogen) atoms. The maximum absolute atomic E-state index is 15.5. The highest BCUT2D eigenvalue weighted by Crippen LogP contribution is 2.47. The Morgan fingerprint density at radius 3 is 2.65 bits per heavy atom. The van der Waals surface area contributed by atoms with Gasteiger partial charge in [-0.1, -0.05) is 18.2 Å². The number of nitrogens with zero attached hydrogens (tertiary/aromatic N) is 1. The SMILES string of the molecule is C[C@H](N[P@](=O)(OC[C@H]1O[C@@H](N2C=CC(=O)CC2=O)[C@](C)(F)[C@@H]1O)Oc1ccccc1)C(=O)OC1CCC1. The van der Waals surface area contributed by atoms with Crippen molar-refractivity contribution in [1.29, 1.82) is 0 Å². The third kappa shape index (κ3) is 6.27. The van der Waals surface area contributed by atoms with E-state index in [4.69, 9.17) is 18.5 Å². The van der Waals surface area contributed by atoms with Crippen LogP contribution in [-0.2, 0) is 32.9 Å². The molecule has 2 fully saturated rings. The summed E-state index contributed by atoms with van der Waals surface area (Å²) < 4.78 is 51.2. The zero-order chi connectivity index (χ0) is 26.8.